The van der Waals surface area contributed by atoms with Crippen LogP contribution in [-0.4, -0.2) is 6.09 Å². The highest BCUT2D eigenvalue weighted by molar-refractivity contribution is 5.84. The van der Waals surface area contributed by atoms with Gasteiger partial charge in [-0.1, -0.05) is 39.0 Å². The maximum atomic E-state index is 11.3. The number of anilines is 1. The molecule has 1 aromatic carbocycles. The molecule has 1 amide bonds. The molecule has 0 saturated heterocycles. The highest BCUT2D eigenvalue weighted by Gasteiger charge is 2.05. The van der Waals surface area contributed by atoms with E-state index in [1.165, 1.54) is 6.26 Å². The van der Waals surface area contributed by atoms with Crippen molar-refractivity contribution in [3.05, 3.63) is 42.7 Å². The van der Waals surface area contributed by atoms with E-state index in [-0.39, 0.29) is 5.41 Å². The zero-order valence-corrected chi connectivity index (χ0v) is 9.86. The van der Waals surface area contributed by atoms with Crippen LogP contribution >= 0.6 is 0 Å². The van der Waals surface area contributed by atoms with Gasteiger partial charge in [-0.25, -0.2) is 4.79 Å². The maximum absolute atomic E-state index is 11.3. The largest absolute Gasteiger partial charge is 0.418 e. The van der Waals surface area contributed by atoms with Crippen molar-refractivity contribution in [2.24, 2.45) is 5.41 Å². The van der Waals surface area contributed by atoms with Crippen molar-refractivity contribution in [1.82, 2.24) is 0 Å². The Morgan fingerprint density at radius 1 is 1.25 bits per heavy atom. The zero-order chi connectivity index (χ0) is 12.0. The van der Waals surface area contributed by atoms with E-state index in [1.54, 1.807) is 12.1 Å². The van der Waals surface area contributed by atoms with Gasteiger partial charge in [-0.15, -0.1) is 0 Å². The van der Waals surface area contributed by atoms with Gasteiger partial charge in [0, 0.05) is 5.69 Å². The fraction of sp³-hybridized carbons (Fsp3) is 0.308. The summed E-state index contributed by atoms with van der Waals surface area (Å²) in [7, 11) is 0. The van der Waals surface area contributed by atoms with Crippen LogP contribution in [0.3, 0.4) is 0 Å². The number of hydrogen-bond acceptors (Lipinski definition) is 2. The van der Waals surface area contributed by atoms with E-state index in [4.69, 9.17) is 4.74 Å². The predicted molar refractivity (Wildman–Crippen MR) is 65.1 cm³/mol. The molecule has 0 saturated carbocycles. The molecule has 3 heteroatoms. The fourth-order valence-corrected chi connectivity index (χ4v) is 0.969. The van der Waals surface area contributed by atoms with E-state index >= 15 is 0 Å². The molecule has 0 radical (unpaired) electrons. The number of benzene rings is 1. The summed E-state index contributed by atoms with van der Waals surface area (Å²) < 4.78 is 4.89. The summed E-state index contributed by atoms with van der Waals surface area (Å²) in [6.07, 6.45) is 2.77. The topological polar surface area (TPSA) is 38.3 Å². The summed E-state index contributed by atoms with van der Waals surface area (Å²) in [4.78, 5) is 11.3. The van der Waals surface area contributed by atoms with Crippen molar-refractivity contribution >= 4 is 11.8 Å². The highest BCUT2D eigenvalue weighted by Crippen LogP contribution is 2.14. The number of allylic oxidation sites excluding steroid dienone is 1. The molecule has 1 rings (SSSR count). The van der Waals surface area contributed by atoms with E-state index in [9.17, 15) is 4.79 Å². The lowest BCUT2D eigenvalue weighted by Gasteiger charge is -2.10. The molecule has 0 spiro atoms. The van der Waals surface area contributed by atoms with Gasteiger partial charge in [0.05, 0.1) is 6.26 Å². The second kappa shape index (κ2) is 5.35. The van der Waals surface area contributed by atoms with Gasteiger partial charge in [0.2, 0.25) is 0 Å². The molecule has 0 aliphatic carbocycles. The van der Waals surface area contributed by atoms with Gasteiger partial charge in [-0.2, -0.15) is 0 Å². The third kappa shape index (κ3) is 5.20. The first-order chi connectivity index (χ1) is 7.47. The Hall–Kier alpha value is -1.77. The van der Waals surface area contributed by atoms with Crippen LogP contribution in [0.1, 0.15) is 20.8 Å². The van der Waals surface area contributed by atoms with Crippen molar-refractivity contribution in [3.63, 3.8) is 0 Å². The molecule has 3 nitrogen and oxygen atoms in total. The number of nitrogens with one attached hydrogen (secondary N) is 1. The summed E-state index contributed by atoms with van der Waals surface area (Å²) in [5.41, 5.74) is 0.726. The molecule has 0 aliphatic rings. The van der Waals surface area contributed by atoms with Crippen molar-refractivity contribution in [3.8, 4) is 0 Å². The normalized spacial score (nSPS) is 11.4. The lowest BCUT2D eigenvalue weighted by Crippen LogP contribution is -2.11. The molecule has 0 fully saturated rings. The van der Waals surface area contributed by atoms with E-state index < -0.39 is 6.09 Å². The quantitative estimate of drug-likeness (QED) is 0.768. The average molecular weight is 219 g/mol. The van der Waals surface area contributed by atoms with Gasteiger partial charge in [0.15, 0.2) is 0 Å². The van der Waals surface area contributed by atoms with Gasteiger partial charge < -0.3 is 4.74 Å². The minimum atomic E-state index is -0.480. The molecule has 1 aromatic rings. The number of amides is 1. The molecule has 16 heavy (non-hydrogen) atoms. The number of carbonyl (C=O) groups excluding carboxylic acids is 1. The molecule has 0 aliphatic heterocycles. The minimum absolute atomic E-state index is 0.00697. The molecule has 0 heterocycles. The lowest BCUT2D eigenvalue weighted by molar-refractivity contribution is 0.200. The van der Waals surface area contributed by atoms with Crippen LogP contribution < -0.4 is 5.32 Å². The molecule has 0 atom stereocenters. The van der Waals surface area contributed by atoms with Gasteiger partial charge in [0.25, 0.3) is 0 Å². The van der Waals surface area contributed by atoms with Crippen molar-refractivity contribution in [2.45, 2.75) is 20.8 Å². The molecular formula is C13H17NO2. The average Bonchev–Trinajstić information content (AvgIpc) is 2.17. The van der Waals surface area contributed by atoms with E-state index in [1.807, 2.05) is 45.0 Å². The van der Waals surface area contributed by atoms with Crippen LogP contribution in [0.2, 0.25) is 0 Å². The minimum Gasteiger partial charge on any atom is -0.418 e. The molecule has 1 N–H and O–H groups in total. The Morgan fingerprint density at radius 3 is 2.44 bits per heavy atom. The van der Waals surface area contributed by atoms with Crippen molar-refractivity contribution in [2.75, 3.05) is 5.32 Å². The van der Waals surface area contributed by atoms with Gasteiger partial charge >= 0.3 is 6.09 Å². The fourth-order valence-electron chi connectivity index (χ4n) is 0.969. The second-order valence-corrected chi connectivity index (χ2v) is 4.57. The number of hydrogen-bond donors (Lipinski definition) is 1. The van der Waals surface area contributed by atoms with Crippen molar-refractivity contribution in [1.29, 1.82) is 0 Å². The third-order valence-corrected chi connectivity index (χ3v) is 1.76. The second-order valence-electron chi connectivity index (χ2n) is 4.57. The van der Waals surface area contributed by atoms with Crippen LogP contribution in [0.25, 0.3) is 0 Å². The summed E-state index contributed by atoms with van der Waals surface area (Å²) in [6.45, 7) is 6.09. The summed E-state index contributed by atoms with van der Waals surface area (Å²) >= 11 is 0. The summed E-state index contributed by atoms with van der Waals surface area (Å²) in [5.74, 6) is 0. The van der Waals surface area contributed by atoms with Crippen LogP contribution in [0.5, 0.6) is 0 Å². The van der Waals surface area contributed by atoms with Crippen molar-refractivity contribution < 1.29 is 9.53 Å². The Labute approximate surface area is 96.1 Å². The summed E-state index contributed by atoms with van der Waals surface area (Å²) in [6, 6.07) is 9.18. The third-order valence-electron chi connectivity index (χ3n) is 1.76. The highest BCUT2D eigenvalue weighted by atomic mass is 16.5. The van der Waals surface area contributed by atoms with E-state index in [0.29, 0.717) is 0 Å². The smallest absolute Gasteiger partial charge is 0.416 e. The lowest BCUT2D eigenvalue weighted by atomic mass is 9.97. The SMILES string of the molecule is CC(C)(C)C=COC(=O)Nc1ccccc1. The van der Waals surface area contributed by atoms with Gasteiger partial charge in [-0.3, -0.25) is 5.32 Å². The van der Waals surface area contributed by atoms with Gasteiger partial charge in [-0.05, 0) is 23.6 Å². The molecule has 0 bridgehead atoms. The van der Waals surface area contributed by atoms with Crippen LogP contribution in [0.4, 0.5) is 10.5 Å². The number of para-hydroxylation sites is 1. The first-order valence-electron chi connectivity index (χ1n) is 5.18. The molecular weight excluding hydrogens is 202 g/mol. The predicted octanol–water partition coefficient (Wildman–Crippen LogP) is 3.79. The monoisotopic (exact) mass is 219 g/mol. The standard InChI is InChI=1S/C13H17NO2/c1-13(2,3)9-10-16-12(15)14-11-7-5-4-6-8-11/h4-10H,1-3H3,(H,14,15). The summed E-state index contributed by atoms with van der Waals surface area (Å²) in [5, 5.41) is 2.62. The number of ether oxygens (including phenoxy) is 1. The van der Waals surface area contributed by atoms with Gasteiger partial charge in [0.1, 0.15) is 0 Å². The molecule has 0 aromatic heterocycles. The maximum Gasteiger partial charge on any atom is 0.416 e. The Kier molecular flexibility index (Phi) is 4.11. The molecule has 86 valence electrons. The Bertz CT molecular complexity index is 363. The van der Waals surface area contributed by atoms with Crippen LogP contribution in [0, 0.1) is 5.41 Å². The number of carbonyl (C=O) groups is 1. The first kappa shape index (κ1) is 12.3. The Balaban J connectivity index is 2.41. The van der Waals surface area contributed by atoms with Crippen LogP contribution in [0.15, 0.2) is 42.7 Å². The Morgan fingerprint density at radius 2 is 1.88 bits per heavy atom. The van der Waals surface area contributed by atoms with E-state index in [0.717, 1.165) is 5.69 Å². The number of rotatable bonds is 2. The van der Waals surface area contributed by atoms with Crippen LogP contribution in [-0.2, 0) is 4.74 Å². The van der Waals surface area contributed by atoms with E-state index in [2.05, 4.69) is 5.32 Å². The first-order valence-corrected chi connectivity index (χ1v) is 5.18. The molecule has 0 unspecified atom stereocenters. The zero-order valence-electron chi connectivity index (χ0n) is 9.86.